The lowest BCUT2D eigenvalue weighted by Crippen LogP contribution is -2.58. The van der Waals surface area contributed by atoms with Gasteiger partial charge in [0.15, 0.2) is 0 Å². The van der Waals surface area contributed by atoms with Gasteiger partial charge in [-0.05, 0) is 52.2 Å². The highest BCUT2D eigenvalue weighted by Gasteiger charge is 2.39. The molecule has 3 rings (SSSR count). The van der Waals surface area contributed by atoms with Crippen LogP contribution in [0.2, 0.25) is 5.02 Å². The third-order valence-corrected chi connectivity index (χ3v) is 6.49. The zero-order chi connectivity index (χ0) is 25.0. The van der Waals surface area contributed by atoms with Gasteiger partial charge in [0.2, 0.25) is 5.91 Å². The number of carboxylic acid groups (broad SMARTS) is 1. The van der Waals surface area contributed by atoms with Crippen molar-refractivity contribution in [1.82, 2.24) is 24.8 Å². The molecule has 3 heterocycles. The molecule has 1 unspecified atom stereocenters. The third-order valence-electron chi connectivity index (χ3n) is 6.12. The fourth-order valence-corrected chi connectivity index (χ4v) is 4.75. The highest BCUT2D eigenvalue weighted by atomic mass is 35.5. The standard InChI is InChI=1S/C24H32ClN5O4/c1-5-6-17(30(23(33)34)24(2,3)4)22(32)29-13-9-15(10-14-29)19-18(25)21(31)28-20(27-19)16-7-11-26-12-8-16/h7-8,11-12,15,17H,5-6,9-10,13-14H2,1-4H3,(H,33,34)(H,27,28,31). The SMILES string of the molecule is CCCC(C(=O)N1CCC(c2nc(-c3ccncc3)[nH]c(=O)c2Cl)CC1)N(C(=O)O)C(C)(C)C. The molecule has 10 heteroatoms. The first kappa shape index (κ1) is 25.7. The summed E-state index contributed by atoms with van der Waals surface area (Å²) in [5.74, 6) is 0.165. The number of halogens is 1. The molecule has 1 atom stereocenters. The fraction of sp³-hybridized carbons (Fsp3) is 0.542. The predicted octanol–water partition coefficient (Wildman–Crippen LogP) is 4.14. The summed E-state index contributed by atoms with van der Waals surface area (Å²) < 4.78 is 0. The molecule has 1 aliphatic rings. The van der Waals surface area contributed by atoms with E-state index < -0.39 is 23.2 Å². The zero-order valence-electron chi connectivity index (χ0n) is 20.0. The summed E-state index contributed by atoms with van der Waals surface area (Å²) in [7, 11) is 0. The molecule has 0 aliphatic carbocycles. The maximum Gasteiger partial charge on any atom is 0.408 e. The van der Waals surface area contributed by atoms with Crippen molar-refractivity contribution in [2.75, 3.05) is 13.1 Å². The van der Waals surface area contributed by atoms with E-state index in [1.54, 1.807) is 50.2 Å². The number of aromatic nitrogens is 3. The second kappa shape index (κ2) is 10.5. The van der Waals surface area contributed by atoms with Crippen molar-refractivity contribution >= 4 is 23.6 Å². The van der Waals surface area contributed by atoms with Crippen LogP contribution in [0.3, 0.4) is 0 Å². The Hall–Kier alpha value is -2.94. The Morgan fingerprint density at radius 2 is 1.88 bits per heavy atom. The predicted molar refractivity (Wildman–Crippen MR) is 130 cm³/mol. The van der Waals surface area contributed by atoms with Gasteiger partial charge in [0.1, 0.15) is 16.9 Å². The van der Waals surface area contributed by atoms with Crippen LogP contribution in [0.4, 0.5) is 4.79 Å². The number of nitrogens with one attached hydrogen (secondary N) is 1. The van der Waals surface area contributed by atoms with Crippen molar-refractivity contribution < 1.29 is 14.7 Å². The Balaban J connectivity index is 1.79. The van der Waals surface area contributed by atoms with E-state index in [2.05, 4.69) is 15.0 Å². The molecule has 0 bridgehead atoms. The molecule has 184 valence electrons. The van der Waals surface area contributed by atoms with E-state index in [1.165, 1.54) is 4.90 Å². The monoisotopic (exact) mass is 489 g/mol. The molecule has 9 nitrogen and oxygen atoms in total. The molecule has 1 aliphatic heterocycles. The van der Waals surface area contributed by atoms with Crippen molar-refractivity contribution in [2.45, 2.75) is 70.9 Å². The van der Waals surface area contributed by atoms with E-state index in [4.69, 9.17) is 11.6 Å². The average Bonchev–Trinajstić information content (AvgIpc) is 2.79. The topological polar surface area (TPSA) is 119 Å². The number of pyridine rings is 1. The van der Waals surface area contributed by atoms with Crippen molar-refractivity contribution in [3.8, 4) is 11.4 Å². The number of H-pyrrole nitrogens is 1. The highest BCUT2D eigenvalue weighted by molar-refractivity contribution is 6.31. The number of hydrogen-bond acceptors (Lipinski definition) is 5. The number of likely N-dealkylation sites (tertiary alicyclic amines) is 1. The van der Waals surface area contributed by atoms with Crippen molar-refractivity contribution in [2.24, 2.45) is 0 Å². The summed E-state index contributed by atoms with van der Waals surface area (Å²) >= 11 is 6.33. The van der Waals surface area contributed by atoms with Gasteiger partial charge in [-0.3, -0.25) is 19.5 Å². The summed E-state index contributed by atoms with van der Waals surface area (Å²) in [6.07, 6.45) is 4.46. The number of rotatable bonds is 6. The van der Waals surface area contributed by atoms with E-state index in [0.29, 0.717) is 50.3 Å². The van der Waals surface area contributed by atoms with E-state index in [1.807, 2.05) is 6.92 Å². The van der Waals surface area contributed by atoms with E-state index >= 15 is 0 Å². The number of amides is 2. The van der Waals surface area contributed by atoms with Crippen molar-refractivity contribution in [3.05, 3.63) is 45.6 Å². The summed E-state index contributed by atoms with van der Waals surface area (Å²) in [5, 5.41) is 9.88. The van der Waals surface area contributed by atoms with Gasteiger partial charge >= 0.3 is 6.09 Å². The van der Waals surface area contributed by atoms with Crippen LogP contribution in [-0.2, 0) is 4.79 Å². The number of carbonyl (C=O) groups excluding carboxylic acids is 1. The molecule has 1 fully saturated rings. The lowest BCUT2D eigenvalue weighted by atomic mass is 9.92. The Morgan fingerprint density at radius 1 is 1.26 bits per heavy atom. The summed E-state index contributed by atoms with van der Waals surface area (Å²) in [6.45, 7) is 8.21. The first-order valence-electron chi connectivity index (χ1n) is 11.6. The highest BCUT2D eigenvalue weighted by Crippen LogP contribution is 2.32. The van der Waals surface area contributed by atoms with Crippen molar-refractivity contribution in [1.29, 1.82) is 0 Å². The second-order valence-corrected chi connectivity index (χ2v) is 9.96. The summed E-state index contributed by atoms with van der Waals surface area (Å²) in [5.41, 5.74) is 0.153. The van der Waals surface area contributed by atoms with Gasteiger partial charge in [-0.1, -0.05) is 24.9 Å². The van der Waals surface area contributed by atoms with Crippen LogP contribution in [0.25, 0.3) is 11.4 Å². The Kier molecular flexibility index (Phi) is 7.97. The van der Waals surface area contributed by atoms with Gasteiger partial charge in [0.05, 0.1) is 5.69 Å². The fourth-order valence-electron chi connectivity index (χ4n) is 4.50. The molecule has 0 spiro atoms. The molecule has 2 aromatic heterocycles. The van der Waals surface area contributed by atoms with Gasteiger partial charge in [-0.15, -0.1) is 0 Å². The number of aromatic amines is 1. The van der Waals surface area contributed by atoms with Gasteiger partial charge < -0.3 is 15.0 Å². The minimum atomic E-state index is -1.10. The second-order valence-electron chi connectivity index (χ2n) is 9.58. The number of nitrogens with zero attached hydrogens (tertiary/aromatic N) is 4. The average molecular weight is 490 g/mol. The molecule has 0 saturated carbocycles. The molecular formula is C24H32ClN5O4. The molecule has 2 amide bonds. The van der Waals surface area contributed by atoms with Crippen LogP contribution in [0.5, 0.6) is 0 Å². The van der Waals surface area contributed by atoms with Gasteiger partial charge in [0.25, 0.3) is 5.56 Å². The molecule has 1 saturated heterocycles. The quantitative estimate of drug-likeness (QED) is 0.629. The van der Waals surface area contributed by atoms with Crippen LogP contribution >= 0.6 is 11.6 Å². The maximum absolute atomic E-state index is 13.4. The van der Waals surface area contributed by atoms with Crippen LogP contribution in [0, 0.1) is 0 Å². The zero-order valence-corrected chi connectivity index (χ0v) is 20.8. The van der Waals surface area contributed by atoms with Crippen LogP contribution in [0.1, 0.15) is 65.0 Å². The van der Waals surface area contributed by atoms with Crippen LogP contribution in [-0.4, -0.2) is 66.5 Å². The van der Waals surface area contributed by atoms with Gasteiger partial charge in [0, 0.05) is 42.5 Å². The lowest BCUT2D eigenvalue weighted by Gasteiger charge is -2.42. The first-order chi connectivity index (χ1) is 16.0. The molecule has 2 aromatic rings. The minimum absolute atomic E-state index is 0.0660. The Bertz CT molecular complexity index is 1080. The van der Waals surface area contributed by atoms with Gasteiger partial charge in [-0.2, -0.15) is 0 Å². The van der Waals surface area contributed by atoms with E-state index in [9.17, 15) is 19.5 Å². The summed E-state index contributed by atoms with van der Waals surface area (Å²) in [6, 6.07) is 2.78. The maximum atomic E-state index is 13.4. The third kappa shape index (κ3) is 5.58. The number of piperidine rings is 1. The van der Waals surface area contributed by atoms with E-state index in [-0.39, 0.29) is 16.8 Å². The van der Waals surface area contributed by atoms with Crippen LogP contribution < -0.4 is 5.56 Å². The molecular weight excluding hydrogens is 458 g/mol. The smallest absolute Gasteiger partial charge is 0.408 e. The van der Waals surface area contributed by atoms with Crippen molar-refractivity contribution in [3.63, 3.8) is 0 Å². The molecule has 2 N–H and O–H groups in total. The van der Waals surface area contributed by atoms with E-state index in [0.717, 1.165) is 5.56 Å². The Morgan fingerprint density at radius 3 is 2.41 bits per heavy atom. The van der Waals surface area contributed by atoms with Gasteiger partial charge in [-0.25, -0.2) is 9.78 Å². The Labute approximate surface area is 204 Å². The number of carbonyl (C=O) groups is 2. The molecule has 0 aromatic carbocycles. The largest absolute Gasteiger partial charge is 0.465 e. The summed E-state index contributed by atoms with van der Waals surface area (Å²) in [4.78, 5) is 52.2. The van der Waals surface area contributed by atoms with Crippen LogP contribution in [0.15, 0.2) is 29.3 Å². The molecule has 0 radical (unpaired) electrons. The first-order valence-corrected chi connectivity index (χ1v) is 11.9. The lowest BCUT2D eigenvalue weighted by molar-refractivity contribution is -0.139. The number of hydrogen-bond donors (Lipinski definition) is 2. The normalized spacial score (nSPS) is 15.7. The molecule has 34 heavy (non-hydrogen) atoms. The minimum Gasteiger partial charge on any atom is -0.465 e.